The van der Waals surface area contributed by atoms with E-state index in [0.717, 1.165) is 6.42 Å². The smallest absolute Gasteiger partial charge is 0.278 e. The third kappa shape index (κ3) is 3.41. The largest absolute Gasteiger partial charge is 0.365 e. The molecule has 0 spiro atoms. The third-order valence-electron chi connectivity index (χ3n) is 3.94. The molecule has 4 nitrogen and oxygen atoms in total. The van der Waals surface area contributed by atoms with E-state index in [4.69, 9.17) is 9.57 Å². The number of rotatable bonds is 4. The molecule has 0 aromatic rings. The summed E-state index contributed by atoms with van der Waals surface area (Å²) in [5, 5.41) is 1.35. The molecule has 2 rings (SSSR count). The van der Waals surface area contributed by atoms with Gasteiger partial charge in [0.2, 0.25) is 0 Å². The number of ether oxygens (including phenoxy) is 1. The van der Waals surface area contributed by atoms with Crippen molar-refractivity contribution in [3.05, 3.63) is 36.2 Å². The summed E-state index contributed by atoms with van der Waals surface area (Å²) in [5.41, 5.74) is -0.166. The molecule has 0 N–H and O–H groups in total. The Kier molecular flexibility index (Phi) is 4.96. The zero-order valence-corrected chi connectivity index (χ0v) is 12.6. The normalized spacial score (nSPS) is 30.3. The SMILES string of the molecule is C=C(/C=C\C(F)=C/C)[C@@H]1CCON1C(=O)[C@]1(C)CCCO1. The molecule has 2 fully saturated rings. The van der Waals surface area contributed by atoms with Crippen molar-refractivity contribution in [1.82, 2.24) is 5.06 Å². The van der Waals surface area contributed by atoms with Crippen LogP contribution in [-0.4, -0.2) is 35.8 Å². The van der Waals surface area contributed by atoms with Gasteiger partial charge in [0.05, 0.1) is 12.6 Å². The monoisotopic (exact) mass is 295 g/mol. The topological polar surface area (TPSA) is 38.8 Å². The zero-order chi connectivity index (χ0) is 15.5. The lowest BCUT2D eigenvalue weighted by molar-refractivity contribution is -0.192. The number of hydroxylamine groups is 2. The number of carbonyl (C=O) groups excluding carboxylic acids is 1. The molecule has 0 unspecified atom stereocenters. The Morgan fingerprint density at radius 1 is 1.43 bits per heavy atom. The summed E-state index contributed by atoms with van der Waals surface area (Å²) in [7, 11) is 0. The molecule has 116 valence electrons. The average Bonchev–Trinajstić information content (AvgIpc) is 3.13. The van der Waals surface area contributed by atoms with Crippen LogP contribution < -0.4 is 0 Å². The second-order valence-corrected chi connectivity index (χ2v) is 5.53. The van der Waals surface area contributed by atoms with Crippen LogP contribution in [0.2, 0.25) is 0 Å². The van der Waals surface area contributed by atoms with Crippen LogP contribution in [0.25, 0.3) is 0 Å². The van der Waals surface area contributed by atoms with Crippen LogP contribution in [0.1, 0.15) is 33.1 Å². The number of halogens is 1. The van der Waals surface area contributed by atoms with Crippen molar-refractivity contribution in [3.8, 4) is 0 Å². The van der Waals surface area contributed by atoms with Crippen molar-refractivity contribution in [2.45, 2.75) is 44.8 Å². The van der Waals surface area contributed by atoms with E-state index in [-0.39, 0.29) is 17.8 Å². The highest BCUT2D eigenvalue weighted by molar-refractivity contribution is 5.85. The first kappa shape index (κ1) is 15.9. The van der Waals surface area contributed by atoms with Gasteiger partial charge in [-0.1, -0.05) is 18.7 Å². The summed E-state index contributed by atoms with van der Waals surface area (Å²) in [6.07, 6.45) is 6.51. The quantitative estimate of drug-likeness (QED) is 0.748. The Morgan fingerprint density at radius 2 is 2.19 bits per heavy atom. The molecule has 0 aromatic carbocycles. The predicted molar refractivity (Wildman–Crippen MR) is 77.9 cm³/mol. The van der Waals surface area contributed by atoms with Crippen molar-refractivity contribution in [3.63, 3.8) is 0 Å². The Bertz CT molecular complexity index is 478. The van der Waals surface area contributed by atoms with E-state index >= 15 is 0 Å². The summed E-state index contributed by atoms with van der Waals surface area (Å²) in [6, 6.07) is -0.264. The summed E-state index contributed by atoms with van der Waals surface area (Å²) in [6.45, 7) is 8.38. The van der Waals surface area contributed by atoms with Crippen LogP contribution in [0.15, 0.2) is 36.2 Å². The van der Waals surface area contributed by atoms with E-state index < -0.39 is 5.60 Å². The lowest BCUT2D eigenvalue weighted by Gasteiger charge is -2.30. The Morgan fingerprint density at radius 3 is 2.81 bits per heavy atom. The molecule has 1 amide bonds. The van der Waals surface area contributed by atoms with E-state index in [9.17, 15) is 9.18 Å². The Hall–Kier alpha value is -1.46. The molecular weight excluding hydrogens is 273 g/mol. The Labute approximate surface area is 124 Å². The van der Waals surface area contributed by atoms with Crippen molar-refractivity contribution in [2.24, 2.45) is 0 Å². The number of allylic oxidation sites excluding steroid dienone is 3. The minimum absolute atomic E-state index is 0.177. The van der Waals surface area contributed by atoms with Crippen LogP contribution in [-0.2, 0) is 14.4 Å². The summed E-state index contributed by atoms with van der Waals surface area (Å²) in [4.78, 5) is 18.1. The zero-order valence-electron chi connectivity index (χ0n) is 12.6. The standard InChI is InChI=1S/C16H22FNO3/c1-4-13(17)7-6-12(2)14-8-11-21-18(14)15(19)16(3)9-5-10-20-16/h4,6-7,14H,2,5,8-11H2,1,3H3/b7-6-,13-4+/t14-,16-/m0/s1. The van der Waals surface area contributed by atoms with Crippen molar-refractivity contribution in [2.75, 3.05) is 13.2 Å². The highest BCUT2D eigenvalue weighted by atomic mass is 19.1. The molecule has 2 saturated heterocycles. The number of carbonyl (C=O) groups is 1. The van der Waals surface area contributed by atoms with E-state index in [1.165, 1.54) is 17.2 Å². The number of hydrogen-bond acceptors (Lipinski definition) is 3. The molecule has 2 heterocycles. The lowest BCUT2D eigenvalue weighted by Crippen LogP contribution is -2.48. The summed E-state index contributed by atoms with van der Waals surface area (Å²) in [5.74, 6) is -0.511. The van der Waals surface area contributed by atoms with Gasteiger partial charge in [-0.25, -0.2) is 9.45 Å². The van der Waals surface area contributed by atoms with Gasteiger partial charge in [-0.2, -0.15) is 0 Å². The number of nitrogens with zero attached hydrogens (tertiary/aromatic N) is 1. The molecule has 5 heteroatoms. The predicted octanol–water partition coefficient (Wildman–Crippen LogP) is 3.07. The van der Waals surface area contributed by atoms with E-state index in [1.807, 2.05) is 0 Å². The van der Waals surface area contributed by atoms with Gasteiger partial charge in [-0.15, -0.1) is 0 Å². The van der Waals surface area contributed by atoms with E-state index in [1.54, 1.807) is 19.9 Å². The minimum atomic E-state index is -0.818. The van der Waals surface area contributed by atoms with Crippen molar-refractivity contribution >= 4 is 5.91 Å². The van der Waals surface area contributed by atoms with Crippen LogP contribution in [0, 0.1) is 0 Å². The first-order valence-electron chi connectivity index (χ1n) is 7.27. The maximum Gasteiger partial charge on any atom is 0.278 e. The number of hydrogen-bond donors (Lipinski definition) is 0. The first-order valence-corrected chi connectivity index (χ1v) is 7.27. The molecular formula is C16H22FNO3. The second kappa shape index (κ2) is 6.54. The summed E-state index contributed by atoms with van der Waals surface area (Å²) >= 11 is 0. The van der Waals surface area contributed by atoms with Crippen molar-refractivity contribution in [1.29, 1.82) is 0 Å². The molecule has 0 aromatic heterocycles. The lowest BCUT2D eigenvalue weighted by atomic mass is 9.99. The maximum absolute atomic E-state index is 13.1. The number of amides is 1. The molecule has 21 heavy (non-hydrogen) atoms. The molecule has 2 atom stereocenters. The minimum Gasteiger partial charge on any atom is -0.365 e. The molecule has 0 saturated carbocycles. The van der Waals surface area contributed by atoms with Gasteiger partial charge in [-0.3, -0.25) is 9.63 Å². The maximum atomic E-state index is 13.1. The molecule has 0 aliphatic carbocycles. The molecule has 0 radical (unpaired) electrons. The highest BCUT2D eigenvalue weighted by Gasteiger charge is 2.45. The van der Waals surface area contributed by atoms with Crippen LogP contribution in [0.3, 0.4) is 0 Å². The fraction of sp³-hybridized carbons (Fsp3) is 0.562. The van der Waals surface area contributed by atoms with Gasteiger partial charge < -0.3 is 4.74 Å². The molecule has 2 aliphatic heterocycles. The highest BCUT2D eigenvalue weighted by Crippen LogP contribution is 2.32. The van der Waals surface area contributed by atoms with Gasteiger partial charge in [0, 0.05) is 13.0 Å². The third-order valence-corrected chi connectivity index (χ3v) is 3.94. The van der Waals surface area contributed by atoms with Gasteiger partial charge >= 0.3 is 0 Å². The molecule has 2 aliphatic rings. The second-order valence-electron chi connectivity index (χ2n) is 5.53. The molecule has 0 bridgehead atoms. The van der Waals surface area contributed by atoms with E-state index in [0.29, 0.717) is 31.6 Å². The van der Waals surface area contributed by atoms with E-state index in [2.05, 4.69) is 6.58 Å². The first-order chi connectivity index (χ1) is 9.98. The van der Waals surface area contributed by atoms with Gasteiger partial charge in [0.1, 0.15) is 11.4 Å². The van der Waals surface area contributed by atoms with Crippen molar-refractivity contribution < 1.29 is 18.8 Å². The van der Waals surface area contributed by atoms with Gasteiger partial charge in [-0.05, 0) is 38.3 Å². The van der Waals surface area contributed by atoms with Gasteiger partial charge in [0.15, 0.2) is 0 Å². The summed E-state index contributed by atoms with van der Waals surface area (Å²) < 4.78 is 18.7. The fourth-order valence-electron chi connectivity index (χ4n) is 2.58. The van der Waals surface area contributed by atoms with Crippen LogP contribution >= 0.6 is 0 Å². The Balaban J connectivity index is 2.08. The van der Waals surface area contributed by atoms with Crippen LogP contribution in [0.5, 0.6) is 0 Å². The van der Waals surface area contributed by atoms with Gasteiger partial charge in [0.25, 0.3) is 5.91 Å². The van der Waals surface area contributed by atoms with Crippen LogP contribution in [0.4, 0.5) is 4.39 Å². The fourth-order valence-corrected chi connectivity index (χ4v) is 2.58. The average molecular weight is 295 g/mol.